The van der Waals surface area contributed by atoms with Gasteiger partial charge in [-0.25, -0.2) is 9.78 Å². The summed E-state index contributed by atoms with van der Waals surface area (Å²) in [6, 6.07) is 7.85. The highest BCUT2D eigenvalue weighted by molar-refractivity contribution is 6.33. The fourth-order valence-electron chi connectivity index (χ4n) is 4.79. The molecule has 33 heavy (non-hydrogen) atoms. The van der Waals surface area contributed by atoms with E-state index in [1.807, 2.05) is 24.3 Å². The molecule has 2 aromatic heterocycles. The number of nitrogens with zero attached hydrogens (tertiary/aromatic N) is 4. The minimum Gasteiger partial charge on any atom is -0.390 e. The molecule has 0 saturated carbocycles. The number of hydrogen-bond donors (Lipinski definition) is 2. The number of benzene rings is 1. The van der Waals surface area contributed by atoms with Crippen molar-refractivity contribution in [2.24, 2.45) is 18.9 Å². The maximum Gasteiger partial charge on any atom is 0.328 e. The Kier molecular flexibility index (Phi) is 6.47. The van der Waals surface area contributed by atoms with Gasteiger partial charge >= 0.3 is 5.69 Å². The number of nitrogens with one attached hydrogen (secondary N) is 1. The Bertz CT molecular complexity index is 1200. The van der Waals surface area contributed by atoms with E-state index in [1.165, 1.54) is 6.42 Å². The van der Waals surface area contributed by atoms with Crippen LogP contribution in [0.25, 0.3) is 11.0 Å². The van der Waals surface area contributed by atoms with Gasteiger partial charge in [-0.05, 0) is 56.7 Å². The minimum absolute atomic E-state index is 0.0935. The second-order valence-corrected chi connectivity index (χ2v) is 10.7. The van der Waals surface area contributed by atoms with Crippen molar-refractivity contribution in [3.63, 3.8) is 0 Å². The summed E-state index contributed by atoms with van der Waals surface area (Å²) >= 11 is 6.49. The largest absolute Gasteiger partial charge is 0.390 e. The molecule has 1 saturated heterocycles. The number of aryl methyl sites for hydroxylation is 2. The summed E-state index contributed by atoms with van der Waals surface area (Å²) in [4.78, 5) is 19.7. The highest BCUT2D eigenvalue weighted by atomic mass is 35.5. The Hall–Kier alpha value is -2.51. The zero-order valence-electron chi connectivity index (χ0n) is 20.1. The van der Waals surface area contributed by atoms with Crippen LogP contribution in [-0.2, 0) is 13.6 Å². The monoisotopic (exact) mass is 471 g/mol. The quantitative estimate of drug-likeness (QED) is 0.541. The average molecular weight is 472 g/mol. The van der Waals surface area contributed by atoms with Crippen molar-refractivity contribution < 1.29 is 5.11 Å². The number of hydrogen-bond acceptors (Lipinski definition) is 5. The summed E-state index contributed by atoms with van der Waals surface area (Å²) in [7, 11) is 1.77. The van der Waals surface area contributed by atoms with Gasteiger partial charge in [0.05, 0.1) is 33.5 Å². The summed E-state index contributed by atoms with van der Waals surface area (Å²) in [5.41, 5.74) is 2.35. The predicted molar refractivity (Wildman–Crippen MR) is 136 cm³/mol. The van der Waals surface area contributed by atoms with Crippen LogP contribution in [0.5, 0.6) is 0 Å². The first-order chi connectivity index (χ1) is 15.5. The lowest BCUT2D eigenvalue weighted by molar-refractivity contribution is 0.0662. The molecule has 1 aliphatic rings. The van der Waals surface area contributed by atoms with Crippen molar-refractivity contribution >= 4 is 39.8 Å². The van der Waals surface area contributed by atoms with Gasteiger partial charge in [0.1, 0.15) is 5.82 Å². The molecule has 0 bridgehead atoms. The van der Waals surface area contributed by atoms with Gasteiger partial charge in [-0.2, -0.15) is 0 Å². The highest BCUT2D eigenvalue weighted by Gasteiger charge is 2.23. The van der Waals surface area contributed by atoms with Crippen LogP contribution in [-0.4, -0.2) is 37.9 Å². The zero-order chi connectivity index (χ0) is 23.9. The molecule has 0 radical (unpaired) electrons. The molecule has 3 heterocycles. The molecule has 0 spiro atoms. The highest BCUT2D eigenvalue weighted by Crippen LogP contribution is 2.32. The molecule has 0 unspecified atom stereocenters. The molecular weight excluding hydrogens is 438 g/mol. The lowest BCUT2D eigenvalue weighted by Crippen LogP contribution is -2.39. The number of pyridine rings is 1. The topological polar surface area (TPSA) is 75.3 Å². The van der Waals surface area contributed by atoms with Gasteiger partial charge in [-0.1, -0.05) is 25.4 Å². The first kappa shape index (κ1) is 23.6. The standard InChI is InChI=1S/C25H34ClN5O2/c1-16-10-17(2)15-30(14-16)23-12-20(19(26)13-27-23)28-18-6-7-21-22(11-18)31(24(32)29(21)5)9-8-25(3,4)33/h6-7,11-13,16-17,33H,8-10,14-15H2,1-5H3,(H,27,28)/t16-,17+. The van der Waals surface area contributed by atoms with Crippen LogP contribution in [0.3, 0.4) is 0 Å². The molecule has 2 atom stereocenters. The lowest BCUT2D eigenvalue weighted by Gasteiger charge is -2.36. The van der Waals surface area contributed by atoms with Gasteiger partial charge in [0, 0.05) is 38.4 Å². The molecule has 1 fully saturated rings. The number of aliphatic hydroxyl groups is 1. The first-order valence-electron chi connectivity index (χ1n) is 11.6. The normalized spacial score (nSPS) is 19.3. The van der Waals surface area contributed by atoms with Crippen LogP contribution in [0, 0.1) is 11.8 Å². The molecule has 1 aliphatic heterocycles. The van der Waals surface area contributed by atoms with Gasteiger partial charge in [0.2, 0.25) is 0 Å². The summed E-state index contributed by atoms with van der Waals surface area (Å²) in [5.74, 6) is 2.18. The van der Waals surface area contributed by atoms with Crippen molar-refractivity contribution in [1.29, 1.82) is 0 Å². The molecule has 1 aromatic carbocycles. The summed E-state index contributed by atoms with van der Waals surface area (Å²) < 4.78 is 3.36. The molecule has 4 rings (SSSR count). The third-order valence-electron chi connectivity index (χ3n) is 6.41. The molecule has 178 valence electrons. The Morgan fingerprint density at radius 3 is 2.55 bits per heavy atom. The van der Waals surface area contributed by atoms with Crippen LogP contribution in [0.15, 0.2) is 35.3 Å². The van der Waals surface area contributed by atoms with Crippen LogP contribution in [0.2, 0.25) is 5.02 Å². The van der Waals surface area contributed by atoms with Crippen LogP contribution in [0.4, 0.5) is 17.2 Å². The Labute approximate surface area is 200 Å². The summed E-state index contributed by atoms with van der Waals surface area (Å²) in [6.07, 6.45) is 3.42. The van der Waals surface area contributed by atoms with Gasteiger partial charge < -0.3 is 15.3 Å². The maximum absolute atomic E-state index is 12.8. The maximum atomic E-state index is 12.8. The van der Waals surface area contributed by atoms with Gasteiger partial charge in [0.25, 0.3) is 0 Å². The number of rotatable bonds is 6. The third kappa shape index (κ3) is 5.20. The van der Waals surface area contributed by atoms with Crippen LogP contribution >= 0.6 is 11.6 Å². The number of fused-ring (bicyclic) bond motifs is 1. The number of imidazole rings is 1. The van der Waals surface area contributed by atoms with E-state index in [9.17, 15) is 9.90 Å². The van der Waals surface area contributed by atoms with E-state index in [-0.39, 0.29) is 5.69 Å². The minimum atomic E-state index is -0.845. The van der Waals surface area contributed by atoms with Crippen molar-refractivity contribution in [2.45, 2.75) is 52.7 Å². The van der Waals surface area contributed by atoms with Crippen LogP contribution in [0.1, 0.15) is 40.5 Å². The van der Waals surface area contributed by atoms with Gasteiger partial charge in [-0.15, -0.1) is 0 Å². The zero-order valence-corrected chi connectivity index (χ0v) is 20.9. The number of anilines is 3. The van der Waals surface area contributed by atoms with Crippen molar-refractivity contribution in [3.8, 4) is 0 Å². The Morgan fingerprint density at radius 1 is 1.18 bits per heavy atom. The van der Waals surface area contributed by atoms with Crippen LogP contribution < -0.4 is 15.9 Å². The first-order valence-corrected chi connectivity index (χ1v) is 12.0. The lowest BCUT2D eigenvalue weighted by atomic mass is 9.92. The van der Waals surface area contributed by atoms with E-state index >= 15 is 0 Å². The second-order valence-electron chi connectivity index (χ2n) is 10.3. The van der Waals surface area contributed by atoms with Gasteiger partial charge in [-0.3, -0.25) is 9.13 Å². The smallest absolute Gasteiger partial charge is 0.328 e. The Balaban J connectivity index is 1.64. The summed E-state index contributed by atoms with van der Waals surface area (Å²) in [5, 5.41) is 14.1. The molecule has 8 heteroatoms. The van der Waals surface area contributed by atoms with E-state index in [1.54, 1.807) is 36.2 Å². The number of piperidine rings is 1. The molecule has 7 nitrogen and oxygen atoms in total. The number of aromatic nitrogens is 3. The molecule has 2 N–H and O–H groups in total. The fourth-order valence-corrected chi connectivity index (χ4v) is 4.94. The van der Waals surface area contributed by atoms with Crippen molar-refractivity contribution in [1.82, 2.24) is 14.1 Å². The van der Waals surface area contributed by atoms with Crippen molar-refractivity contribution in [3.05, 3.63) is 46.0 Å². The third-order valence-corrected chi connectivity index (χ3v) is 6.71. The molecule has 0 aliphatic carbocycles. The van der Waals surface area contributed by atoms with E-state index in [2.05, 4.69) is 29.0 Å². The van der Waals surface area contributed by atoms with E-state index in [4.69, 9.17) is 11.6 Å². The fraction of sp³-hybridized carbons (Fsp3) is 0.520. The Morgan fingerprint density at radius 2 is 1.88 bits per heavy atom. The molecule has 0 amide bonds. The van der Waals surface area contributed by atoms with E-state index in [0.29, 0.717) is 29.8 Å². The molecular formula is C25H34ClN5O2. The average Bonchev–Trinajstić information content (AvgIpc) is 2.96. The van der Waals surface area contributed by atoms with Gasteiger partial charge in [0.15, 0.2) is 0 Å². The number of halogens is 1. The van der Waals surface area contributed by atoms with Crippen molar-refractivity contribution in [2.75, 3.05) is 23.3 Å². The van der Waals surface area contributed by atoms with E-state index < -0.39 is 5.60 Å². The predicted octanol–water partition coefficient (Wildman–Crippen LogP) is 4.78. The van der Waals surface area contributed by atoms with E-state index in [0.717, 1.165) is 41.3 Å². The summed E-state index contributed by atoms with van der Waals surface area (Å²) in [6.45, 7) is 10.5. The second kappa shape index (κ2) is 9.03. The molecule has 3 aromatic rings. The SMILES string of the molecule is C[C@@H]1C[C@H](C)CN(c2cc(Nc3ccc4c(c3)n(CCC(C)(C)O)c(=O)n4C)c(Cl)cn2)C1.